The van der Waals surface area contributed by atoms with Crippen LogP contribution in [0.1, 0.15) is 0 Å². The molecule has 2 aromatic rings. The van der Waals surface area contributed by atoms with E-state index in [-0.39, 0.29) is 23.2 Å². The minimum atomic E-state index is -3.56. The Bertz CT molecular complexity index is 670. The average molecular weight is 336 g/mol. The zero-order valence-electron chi connectivity index (χ0n) is 10.2. The molecular weight excluding hydrogens is 325 g/mol. The van der Waals surface area contributed by atoms with E-state index in [9.17, 15) is 12.8 Å². The SMILES string of the molecule is O=S(=O)(NCCOc1ccc(F)cc1)c1ccc(Cl)s1. The van der Waals surface area contributed by atoms with Crippen molar-refractivity contribution in [2.45, 2.75) is 4.21 Å². The van der Waals surface area contributed by atoms with E-state index in [0.29, 0.717) is 10.1 Å². The Hall–Kier alpha value is -1.15. The smallest absolute Gasteiger partial charge is 0.250 e. The number of rotatable bonds is 6. The minimum Gasteiger partial charge on any atom is -0.492 e. The summed E-state index contributed by atoms with van der Waals surface area (Å²) in [5.41, 5.74) is 0. The summed E-state index contributed by atoms with van der Waals surface area (Å²) in [5, 5.41) is 0. The monoisotopic (exact) mass is 335 g/mol. The predicted molar refractivity (Wildman–Crippen MR) is 76.4 cm³/mol. The van der Waals surface area contributed by atoms with Crippen molar-refractivity contribution < 1.29 is 17.5 Å². The third-order valence-electron chi connectivity index (χ3n) is 2.29. The van der Waals surface area contributed by atoms with Crippen molar-refractivity contribution in [3.8, 4) is 5.75 Å². The molecule has 1 aromatic heterocycles. The predicted octanol–water partition coefficient (Wildman–Crippen LogP) is 2.90. The molecule has 0 aliphatic carbocycles. The summed E-state index contributed by atoms with van der Waals surface area (Å²) >= 11 is 6.67. The molecule has 20 heavy (non-hydrogen) atoms. The van der Waals surface area contributed by atoms with Crippen LogP contribution in [0.4, 0.5) is 4.39 Å². The second-order valence-corrected chi connectivity index (χ2v) is 7.47. The molecule has 2 rings (SSSR count). The highest BCUT2D eigenvalue weighted by atomic mass is 35.5. The number of benzene rings is 1. The second-order valence-electron chi connectivity index (χ2n) is 3.76. The van der Waals surface area contributed by atoms with Crippen molar-refractivity contribution in [1.82, 2.24) is 4.72 Å². The highest BCUT2D eigenvalue weighted by Gasteiger charge is 2.15. The number of ether oxygens (including phenoxy) is 1. The molecular formula is C12H11ClFNO3S2. The minimum absolute atomic E-state index is 0.106. The molecule has 4 nitrogen and oxygen atoms in total. The van der Waals surface area contributed by atoms with Gasteiger partial charge in [-0.05, 0) is 36.4 Å². The zero-order valence-corrected chi connectivity index (χ0v) is 12.6. The summed E-state index contributed by atoms with van der Waals surface area (Å²) in [6.45, 7) is 0.249. The van der Waals surface area contributed by atoms with E-state index in [2.05, 4.69) is 4.72 Å². The van der Waals surface area contributed by atoms with E-state index in [1.165, 1.54) is 36.4 Å². The van der Waals surface area contributed by atoms with Crippen molar-refractivity contribution in [2.24, 2.45) is 0 Å². The van der Waals surface area contributed by atoms with Gasteiger partial charge in [0.05, 0.1) is 4.34 Å². The lowest BCUT2D eigenvalue weighted by Crippen LogP contribution is -2.27. The zero-order chi connectivity index (χ0) is 14.6. The second kappa shape index (κ2) is 6.53. The lowest BCUT2D eigenvalue weighted by Gasteiger charge is -2.07. The van der Waals surface area contributed by atoms with Crippen molar-refractivity contribution in [3.63, 3.8) is 0 Å². The summed E-state index contributed by atoms with van der Waals surface area (Å²) in [7, 11) is -3.56. The Kier molecular flexibility index (Phi) is 4.98. The maximum atomic E-state index is 12.7. The fourth-order valence-corrected chi connectivity index (χ4v) is 3.93. The van der Waals surface area contributed by atoms with Gasteiger partial charge >= 0.3 is 0 Å². The van der Waals surface area contributed by atoms with E-state index >= 15 is 0 Å². The van der Waals surface area contributed by atoms with E-state index in [1.807, 2.05) is 0 Å². The van der Waals surface area contributed by atoms with Gasteiger partial charge in [0.25, 0.3) is 0 Å². The third kappa shape index (κ3) is 4.17. The first kappa shape index (κ1) is 15.2. The van der Waals surface area contributed by atoms with Crippen LogP contribution in [0.25, 0.3) is 0 Å². The van der Waals surface area contributed by atoms with Crippen LogP contribution >= 0.6 is 22.9 Å². The molecule has 0 atom stereocenters. The molecule has 1 heterocycles. The van der Waals surface area contributed by atoms with Gasteiger partial charge in [-0.15, -0.1) is 11.3 Å². The van der Waals surface area contributed by atoms with Gasteiger partial charge < -0.3 is 4.74 Å². The summed E-state index contributed by atoms with van der Waals surface area (Å²) < 4.78 is 44.6. The fourth-order valence-electron chi connectivity index (χ4n) is 1.39. The largest absolute Gasteiger partial charge is 0.492 e. The number of sulfonamides is 1. The van der Waals surface area contributed by atoms with E-state index in [4.69, 9.17) is 16.3 Å². The maximum Gasteiger partial charge on any atom is 0.250 e. The third-order valence-corrected chi connectivity index (χ3v) is 5.47. The number of nitrogens with one attached hydrogen (secondary N) is 1. The summed E-state index contributed by atoms with van der Waals surface area (Å²) in [6, 6.07) is 8.46. The van der Waals surface area contributed by atoms with E-state index < -0.39 is 10.0 Å². The van der Waals surface area contributed by atoms with Crippen LogP contribution in [-0.4, -0.2) is 21.6 Å². The molecule has 8 heteroatoms. The number of halogens is 2. The van der Waals surface area contributed by atoms with Gasteiger partial charge in [-0.1, -0.05) is 11.6 Å². The van der Waals surface area contributed by atoms with E-state index in [0.717, 1.165) is 11.3 Å². The van der Waals surface area contributed by atoms with Crippen LogP contribution in [0.15, 0.2) is 40.6 Å². The van der Waals surface area contributed by atoms with Crippen LogP contribution in [0.5, 0.6) is 5.75 Å². The molecule has 0 unspecified atom stereocenters. The number of hydrogen-bond acceptors (Lipinski definition) is 4. The summed E-state index contributed by atoms with van der Waals surface area (Å²) in [4.78, 5) is 0. The highest BCUT2D eigenvalue weighted by molar-refractivity contribution is 7.91. The Labute approximate surface area is 125 Å². The molecule has 0 bridgehead atoms. The van der Waals surface area contributed by atoms with Crippen molar-refractivity contribution in [3.05, 3.63) is 46.6 Å². The van der Waals surface area contributed by atoms with E-state index in [1.54, 1.807) is 0 Å². The average Bonchev–Trinajstić information content (AvgIpc) is 2.84. The van der Waals surface area contributed by atoms with Gasteiger partial charge in [-0.3, -0.25) is 0 Å². The van der Waals surface area contributed by atoms with Gasteiger partial charge in [0, 0.05) is 6.54 Å². The summed E-state index contributed by atoms with van der Waals surface area (Å²) in [5.74, 6) is 0.123. The molecule has 1 N–H and O–H groups in total. The van der Waals surface area contributed by atoms with Gasteiger partial charge in [0.2, 0.25) is 10.0 Å². The molecule has 0 radical (unpaired) electrons. The van der Waals surface area contributed by atoms with Crippen molar-refractivity contribution in [2.75, 3.05) is 13.2 Å². The van der Waals surface area contributed by atoms with Gasteiger partial charge in [-0.2, -0.15) is 0 Å². The normalized spacial score (nSPS) is 11.5. The Morgan fingerprint density at radius 3 is 2.50 bits per heavy atom. The molecule has 0 saturated heterocycles. The van der Waals surface area contributed by atoms with Crippen LogP contribution in [0.2, 0.25) is 4.34 Å². The molecule has 0 amide bonds. The van der Waals surface area contributed by atoms with Crippen LogP contribution in [0, 0.1) is 5.82 Å². The Balaban J connectivity index is 1.82. The standard InChI is InChI=1S/C12H11ClFNO3S2/c13-11-5-6-12(19-11)20(16,17)15-7-8-18-10-3-1-9(14)2-4-10/h1-6,15H,7-8H2. The van der Waals surface area contributed by atoms with Crippen molar-refractivity contribution >= 4 is 33.0 Å². The molecule has 1 aromatic carbocycles. The van der Waals surface area contributed by atoms with Crippen LogP contribution in [0.3, 0.4) is 0 Å². The quantitative estimate of drug-likeness (QED) is 0.826. The molecule has 108 valence electrons. The van der Waals surface area contributed by atoms with Gasteiger partial charge in [0.1, 0.15) is 22.4 Å². The summed E-state index contributed by atoms with van der Waals surface area (Å²) in [6.07, 6.45) is 0. The molecule has 0 aliphatic heterocycles. The Morgan fingerprint density at radius 1 is 1.20 bits per heavy atom. The first-order valence-corrected chi connectivity index (χ1v) is 8.28. The first-order chi connectivity index (χ1) is 9.47. The molecule has 0 fully saturated rings. The fraction of sp³-hybridized carbons (Fsp3) is 0.167. The first-order valence-electron chi connectivity index (χ1n) is 5.61. The van der Waals surface area contributed by atoms with Crippen molar-refractivity contribution in [1.29, 1.82) is 0 Å². The topological polar surface area (TPSA) is 55.4 Å². The number of hydrogen-bond donors (Lipinski definition) is 1. The molecule has 0 spiro atoms. The lowest BCUT2D eigenvalue weighted by molar-refractivity contribution is 0.322. The maximum absolute atomic E-state index is 12.7. The van der Waals surface area contributed by atoms with Gasteiger partial charge in [-0.25, -0.2) is 17.5 Å². The van der Waals surface area contributed by atoms with Crippen LogP contribution in [-0.2, 0) is 10.0 Å². The Morgan fingerprint density at radius 2 is 1.90 bits per heavy atom. The molecule has 0 saturated carbocycles. The lowest BCUT2D eigenvalue weighted by atomic mass is 10.3. The molecule has 0 aliphatic rings. The van der Waals surface area contributed by atoms with Crippen LogP contribution < -0.4 is 9.46 Å². The highest BCUT2D eigenvalue weighted by Crippen LogP contribution is 2.25. The number of thiophene rings is 1. The van der Waals surface area contributed by atoms with Gasteiger partial charge in [0.15, 0.2) is 0 Å².